The van der Waals surface area contributed by atoms with Gasteiger partial charge in [0.2, 0.25) is 0 Å². The molecule has 1 N–H and O–H groups in total. The Hall–Kier alpha value is -1.98. The number of aliphatic hydroxyl groups excluding tert-OH is 1. The second kappa shape index (κ2) is 7.72. The van der Waals surface area contributed by atoms with Crippen LogP contribution in [0.25, 0.3) is 0 Å². The molecule has 26 heavy (non-hydrogen) atoms. The van der Waals surface area contributed by atoms with Crippen molar-refractivity contribution >= 4 is 17.5 Å². The molecule has 1 fully saturated rings. The van der Waals surface area contributed by atoms with Crippen molar-refractivity contribution in [3.8, 4) is 0 Å². The maximum Gasteiger partial charge on any atom is 0.255 e. The summed E-state index contributed by atoms with van der Waals surface area (Å²) in [6, 6.07) is 9.90. The third kappa shape index (κ3) is 4.05. The van der Waals surface area contributed by atoms with Crippen molar-refractivity contribution in [3.05, 3.63) is 70.2 Å². The summed E-state index contributed by atoms with van der Waals surface area (Å²) in [6.07, 6.45) is 2.05. The molecule has 1 aliphatic heterocycles. The topological polar surface area (TPSA) is 40.5 Å². The molecule has 1 atom stereocenters. The van der Waals surface area contributed by atoms with Crippen molar-refractivity contribution in [3.63, 3.8) is 0 Å². The molecule has 0 spiro atoms. The number of likely N-dealkylation sites (tertiary alicyclic amines) is 1. The molecule has 0 aliphatic carbocycles. The summed E-state index contributed by atoms with van der Waals surface area (Å²) in [5, 5.41) is 10.1. The Kier molecular flexibility index (Phi) is 5.58. The zero-order chi connectivity index (χ0) is 18.7. The van der Waals surface area contributed by atoms with Gasteiger partial charge >= 0.3 is 0 Å². The lowest BCUT2D eigenvalue weighted by Gasteiger charge is -2.42. The van der Waals surface area contributed by atoms with Gasteiger partial charge in [0.15, 0.2) is 0 Å². The van der Waals surface area contributed by atoms with E-state index in [9.17, 15) is 18.7 Å². The SMILES string of the molecule is O=C(c1ccc(F)cc1Cl)N1CCC[C@@](CO)(Cc2ccc(F)cc2)C1. The van der Waals surface area contributed by atoms with Gasteiger partial charge < -0.3 is 10.0 Å². The molecule has 0 unspecified atom stereocenters. The Balaban J connectivity index is 1.79. The summed E-state index contributed by atoms with van der Waals surface area (Å²) in [5.41, 5.74) is 0.677. The van der Waals surface area contributed by atoms with Gasteiger partial charge in [0.05, 0.1) is 17.2 Å². The van der Waals surface area contributed by atoms with Crippen LogP contribution in [0.2, 0.25) is 5.02 Å². The first-order chi connectivity index (χ1) is 12.4. The van der Waals surface area contributed by atoms with Crippen molar-refractivity contribution in [1.82, 2.24) is 4.90 Å². The highest BCUT2D eigenvalue weighted by Gasteiger charge is 2.37. The molecule has 1 aliphatic rings. The summed E-state index contributed by atoms with van der Waals surface area (Å²) in [6.45, 7) is 0.844. The zero-order valence-corrected chi connectivity index (χ0v) is 15.0. The number of amides is 1. The average molecular weight is 380 g/mol. The largest absolute Gasteiger partial charge is 0.396 e. The fraction of sp³-hybridized carbons (Fsp3) is 0.350. The standard InChI is InChI=1S/C20H20ClF2NO2/c21-18-10-16(23)6-7-17(18)19(26)24-9-1-8-20(12-24,13-25)11-14-2-4-15(22)5-3-14/h2-7,10,25H,1,8-9,11-13H2/t20-/m1/s1. The van der Waals surface area contributed by atoms with Crippen molar-refractivity contribution in [2.75, 3.05) is 19.7 Å². The number of carbonyl (C=O) groups excluding carboxylic acids is 1. The minimum absolute atomic E-state index is 0.0775. The van der Waals surface area contributed by atoms with Crippen LogP contribution in [0, 0.1) is 17.0 Å². The van der Waals surface area contributed by atoms with Crippen molar-refractivity contribution in [2.45, 2.75) is 19.3 Å². The number of hydrogen-bond acceptors (Lipinski definition) is 2. The smallest absolute Gasteiger partial charge is 0.255 e. The number of rotatable bonds is 4. The summed E-state index contributed by atoms with van der Waals surface area (Å²) in [5.74, 6) is -1.07. The van der Waals surface area contributed by atoms with E-state index in [2.05, 4.69) is 0 Å². The molecule has 1 heterocycles. The van der Waals surface area contributed by atoms with Gasteiger partial charge in [0.1, 0.15) is 11.6 Å². The molecule has 138 valence electrons. The molecule has 3 nitrogen and oxygen atoms in total. The molecule has 6 heteroatoms. The lowest BCUT2D eigenvalue weighted by molar-refractivity contribution is 0.0272. The Morgan fingerprint density at radius 1 is 1.15 bits per heavy atom. The van der Waals surface area contributed by atoms with E-state index in [0.717, 1.165) is 24.5 Å². The Morgan fingerprint density at radius 3 is 2.50 bits per heavy atom. The van der Waals surface area contributed by atoms with Gasteiger partial charge in [-0.2, -0.15) is 0 Å². The van der Waals surface area contributed by atoms with E-state index in [0.29, 0.717) is 19.5 Å². The second-order valence-corrected chi connectivity index (χ2v) is 7.32. The molecule has 2 aromatic carbocycles. The number of halogens is 3. The molecule has 0 radical (unpaired) electrons. The van der Waals surface area contributed by atoms with Gasteiger partial charge in [-0.25, -0.2) is 8.78 Å². The van der Waals surface area contributed by atoms with Crippen LogP contribution in [0.4, 0.5) is 8.78 Å². The highest BCUT2D eigenvalue weighted by molar-refractivity contribution is 6.33. The Bertz CT molecular complexity index is 797. The van der Waals surface area contributed by atoms with Crippen LogP contribution in [-0.4, -0.2) is 35.6 Å². The third-order valence-corrected chi connectivity index (χ3v) is 5.25. The predicted octanol–water partition coefficient (Wildman–Crippen LogP) is 4.08. The predicted molar refractivity (Wildman–Crippen MR) is 96.2 cm³/mol. The molecular weight excluding hydrogens is 360 g/mol. The number of hydrogen-bond donors (Lipinski definition) is 1. The van der Waals surface area contributed by atoms with Crippen molar-refractivity contribution in [1.29, 1.82) is 0 Å². The maximum absolute atomic E-state index is 13.2. The van der Waals surface area contributed by atoms with E-state index in [1.54, 1.807) is 17.0 Å². The number of piperidine rings is 1. The maximum atomic E-state index is 13.2. The number of nitrogens with zero attached hydrogens (tertiary/aromatic N) is 1. The molecule has 0 saturated carbocycles. The van der Waals surface area contributed by atoms with E-state index in [-0.39, 0.29) is 28.9 Å². The molecule has 0 aromatic heterocycles. The second-order valence-electron chi connectivity index (χ2n) is 6.92. The van der Waals surface area contributed by atoms with Gasteiger partial charge in [-0.3, -0.25) is 4.79 Å². The molecule has 0 bridgehead atoms. The quantitative estimate of drug-likeness (QED) is 0.869. The highest BCUT2D eigenvalue weighted by Crippen LogP contribution is 2.34. The fourth-order valence-corrected chi connectivity index (χ4v) is 3.83. The minimum Gasteiger partial charge on any atom is -0.396 e. The average Bonchev–Trinajstić information content (AvgIpc) is 2.63. The van der Waals surface area contributed by atoms with Crippen molar-refractivity contribution < 1.29 is 18.7 Å². The van der Waals surface area contributed by atoms with Crippen LogP contribution in [0.3, 0.4) is 0 Å². The van der Waals surface area contributed by atoms with Crippen molar-refractivity contribution in [2.24, 2.45) is 5.41 Å². The van der Waals surface area contributed by atoms with Crippen LogP contribution in [-0.2, 0) is 6.42 Å². The fourth-order valence-electron chi connectivity index (χ4n) is 3.58. The first-order valence-electron chi connectivity index (χ1n) is 8.52. The molecular formula is C20H20ClF2NO2. The Labute approximate surface area is 156 Å². The van der Waals surface area contributed by atoms with Gasteiger partial charge in [-0.15, -0.1) is 0 Å². The highest BCUT2D eigenvalue weighted by atomic mass is 35.5. The van der Waals surface area contributed by atoms with E-state index in [1.807, 2.05) is 0 Å². The normalized spacial score (nSPS) is 20.2. The molecule has 2 aromatic rings. The van der Waals surface area contributed by atoms with E-state index < -0.39 is 11.2 Å². The number of carbonyl (C=O) groups is 1. The molecule has 1 amide bonds. The molecule has 3 rings (SSSR count). The summed E-state index contributed by atoms with van der Waals surface area (Å²) in [4.78, 5) is 14.5. The van der Waals surface area contributed by atoms with Crippen LogP contribution >= 0.6 is 11.6 Å². The number of benzene rings is 2. The third-order valence-electron chi connectivity index (χ3n) is 4.94. The van der Waals surface area contributed by atoms with Crippen LogP contribution in [0.5, 0.6) is 0 Å². The summed E-state index contributed by atoms with van der Waals surface area (Å²) < 4.78 is 26.4. The van der Waals surface area contributed by atoms with E-state index >= 15 is 0 Å². The minimum atomic E-state index is -0.494. The van der Waals surface area contributed by atoms with Crippen LogP contribution < -0.4 is 0 Å². The molecule has 1 saturated heterocycles. The van der Waals surface area contributed by atoms with E-state index in [1.165, 1.54) is 24.3 Å². The van der Waals surface area contributed by atoms with Gasteiger partial charge in [0.25, 0.3) is 5.91 Å². The number of aliphatic hydroxyl groups is 1. The van der Waals surface area contributed by atoms with Gasteiger partial charge in [0, 0.05) is 18.5 Å². The monoisotopic (exact) mass is 379 g/mol. The Morgan fingerprint density at radius 2 is 1.85 bits per heavy atom. The van der Waals surface area contributed by atoms with Crippen LogP contribution in [0.15, 0.2) is 42.5 Å². The first kappa shape index (κ1) is 18.8. The summed E-state index contributed by atoms with van der Waals surface area (Å²) in [7, 11) is 0. The van der Waals surface area contributed by atoms with Crippen LogP contribution in [0.1, 0.15) is 28.8 Å². The van der Waals surface area contributed by atoms with E-state index in [4.69, 9.17) is 11.6 Å². The summed E-state index contributed by atoms with van der Waals surface area (Å²) >= 11 is 6.02. The van der Waals surface area contributed by atoms with Gasteiger partial charge in [-0.05, 0) is 55.2 Å². The lowest BCUT2D eigenvalue weighted by Crippen LogP contribution is -2.49. The zero-order valence-electron chi connectivity index (χ0n) is 14.2. The van der Waals surface area contributed by atoms with Gasteiger partial charge in [-0.1, -0.05) is 23.7 Å². The first-order valence-corrected chi connectivity index (χ1v) is 8.90. The lowest BCUT2D eigenvalue weighted by atomic mass is 9.75.